The molecule has 2 amide bonds. The summed E-state index contributed by atoms with van der Waals surface area (Å²) in [5.41, 5.74) is 0.998. The van der Waals surface area contributed by atoms with Crippen LogP contribution in [0.25, 0.3) is 11.3 Å². The zero-order chi connectivity index (χ0) is 17.0. The van der Waals surface area contributed by atoms with Crippen LogP contribution in [0.2, 0.25) is 10.0 Å². The second-order valence-electron chi connectivity index (χ2n) is 4.80. The summed E-state index contributed by atoms with van der Waals surface area (Å²) in [6.45, 7) is 3.64. The monoisotopic (exact) mass is 355 g/mol. The molecular weight excluding hydrogens is 341 g/mol. The molecule has 0 spiro atoms. The van der Waals surface area contributed by atoms with Crippen molar-refractivity contribution in [3.05, 3.63) is 39.6 Å². The van der Waals surface area contributed by atoms with Crippen LogP contribution in [0.4, 0.5) is 0 Å². The van der Waals surface area contributed by atoms with Crippen LogP contribution in [0.15, 0.2) is 22.7 Å². The molecule has 1 heterocycles. The highest BCUT2D eigenvalue weighted by Crippen LogP contribution is 2.36. The van der Waals surface area contributed by atoms with Gasteiger partial charge in [0, 0.05) is 25.6 Å². The summed E-state index contributed by atoms with van der Waals surface area (Å²) in [5, 5.41) is 9.94. The van der Waals surface area contributed by atoms with Crippen LogP contribution >= 0.6 is 23.2 Å². The highest BCUT2D eigenvalue weighted by atomic mass is 35.5. The third kappa shape index (κ3) is 4.03. The van der Waals surface area contributed by atoms with Crippen LogP contribution in [0, 0.1) is 6.92 Å². The number of aromatic nitrogens is 1. The standard InChI is InChI=1S/C15H15Cl2N3O3/c1-8-12(15(22)19-7-6-18-9(2)21)14(20-23-8)13-10(16)4-3-5-11(13)17/h3-5H,6-7H2,1-2H3,(H,18,21)(H,19,22). The van der Waals surface area contributed by atoms with Crippen molar-refractivity contribution in [3.63, 3.8) is 0 Å². The summed E-state index contributed by atoms with van der Waals surface area (Å²) in [6, 6.07) is 5.02. The second kappa shape index (κ2) is 7.48. The molecule has 0 bridgehead atoms. The molecule has 2 aromatic rings. The molecule has 1 aromatic carbocycles. The Hall–Kier alpha value is -2.05. The molecule has 0 radical (unpaired) electrons. The third-order valence-electron chi connectivity index (χ3n) is 3.07. The van der Waals surface area contributed by atoms with E-state index in [2.05, 4.69) is 15.8 Å². The maximum atomic E-state index is 12.4. The fourth-order valence-electron chi connectivity index (χ4n) is 2.04. The van der Waals surface area contributed by atoms with E-state index in [1.54, 1.807) is 25.1 Å². The summed E-state index contributed by atoms with van der Waals surface area (Å²) in [6.07, 6.45) is 0. The van der Waals surface area contributed by atoms with Crippen molar-refractivity contribution in [1.82, 2.24) is 15.8 Å². The van der Waals surface area contributed by atoms with Gasteiger partial charge in [-0.05, 0) is 19.1 Å². The molecule has 6 nitrogen and oxygen atoms in total. The number of halogens is 2. The normalized spacial score (nSPS) is 10.4. The minimum absolute atomic E-state index is 0.163. The maximum absolute atomic E-state index is 12.4. The molecule has 1 aromatic heterocycles. The Morgan fingerprint density at radius 3 is 2.39 bits per heavy atom. The minimum Gasteiger partial charge on any atom is -0.360 e. The van der Waals surface area contributed by atoms with Gasteiger partial charge in [0.25, 0.3) is 5.91 Å². The summed E-state index contributed by atoms with van der Waals surface area (Å²) >= 11 is 12.3. The first-order chi connectivity index (χ1) is 10.9. The van der Waals surface area contributed by atoms with E-state index >= 15 is 0 Å². The molecule has 0 aliphatic carbocycles. The number of aryl methyl sites for hydroxylation is 1. The molecule has 0 aliphatic heterocycles. The molecule has 0 atom stereocenters. The number of amides is 2. The largest absolute Gasteiger partial charge is 0.360 e. The molecule has 2 rings (SSSR count). The third-order valence-corrected chi connectivity index (χ3v) is 3.70. The topological polar surface area (TPSA) is 84.2 Å². The van der Waals surface area contributed by atoms with E-state index < -0.39 is 0 Å². The highest BCUT2D eigenvalue weighted by molar-refractivity contribution is 6.39. The van der Waals surface area contributed by atoms with Crippen LogP contribution in [0.3, 0.4) is 0 Å². The van der Waals surface area contributed by atoms with Crippen molar-refractivity contribution in [3.8, 4) is 11.3 Å². The Kier molecular flexibility index (Phi) is 5.63. The Balaban J connectivity index is 2.25. The fraction of sp³-hybridized carbons (Fsp3) is 0.267. The van der Waals surface area contributed by atoms with Crippen LogP contribution in [0.5, 0.6) is 0 Å². The highest BCUT2D eigenvalue weighted by Gasteiger charge is 2.24. The Morgan fingerprint density at radius 2 is 1.78 bits per heavy atom. The molecular formula is C15H15Cl2N3O3. The molecule has 0 aliphatic rings. The van der Waals surface area contributed by atoms with Crippen molar-refractivity contribution < 1.29 is 14.1 Å². The Morgan fingerprint density at radius 1 is 1.17 bits per heavy atom. The average Bonchev–Trinajstić information content (AvgIpc) is 2.85. The number of hydrogen-bond donors (Lipinski definition) is 2. The van der Waals surface area contributed by atoms with E-state index in [-0.39, 0.29) is 29.6 Å². The van der Waals surface area contributed by atoms with E-state index in [0.29, 0.717) is 27.9 Å². The zero-order valence-electron chi connectivity index (χ0n) is 12.6. The van der Waals surface area contributed by atoms with Gasteiger partial charge in [0.2, 0.25) is 5.91 Å². The lowest BCUT2D eigenvalue weighted by Crippen LogP contribution is -2.33. The minimum atomic E-state index is -0.375. The van der Waals surface area contributed by atoms with Gasteiger partial charge < -0.3 is 15.2 Å². The van der Waals surface area contributed by atoms with E-state index in [4.69, 9.17) is 27.7 Å². The molecule has 0 saturated carbocycles. The Bertz CT molecular complexity index is 723. The fourth-order valence-corrected chi connectivity index (χ4v) is 2.61. The van der Waals surface area contributed by atoms with Gasteiger partial charge in [0.1, 0.15) is 17.0 Å². The van der Waals surface area contributed by atoms with Crippen molar-refractivity contribution >= 4 is 35.0 Å². The molecule has 2 N–H and O–H groups in total. The molecule has 0 fully saturated rings. The molecule has 0 saturated heterocycles. The summed E-state index contributed by atoms with van der Waals surface area (Å²) in [4.78, 5) is 23.2. The number of nitrogens with zero attached hydrogens (tertiary/aromatic N) is 1. The maximum Gasteiger partial charge on any atom is 0.257 e. The van der Waals surface area contributed by atoms with Gasteiger partial charge in [-0.3, -0.25) is 9.59 Å². The van der Waals surface area contributed by atoms with Gasteiger partial charge in [-0.15, -0.1) is 0 Å². The predicted octanol–water partition coefficient (Wildman–Crippen LogP) is 2.82. The molecule has 122 valence electrons. The number of rotatable bonds is 5. The van der Waals surface area contributed by atoms with Crippen LogP contribution in [-0.2, 0) is 4.79 Å². The van der Waals surface area contributed by atoms with Crippen LogP contribution < -0.4 is 10.6 Å². The number of carbonyl (C=O) groups is 2. The first kappa shape index (κ1) is 17.3. The van der Waals surface area contributed by atoms with E-state index in [1.807, 2.05) is 0 Å². The molecule has 23 heavy (non-hydrogen) atoms. The first-order valence-corrected chi connectivity index (χ1v) is 7.60. The van der Waals surface area contributed by atoms with Crippen LogP contribution in [0.1, 0.15) is 23.0 Å². The zero-order valence-corrected chi connectivity index (χ0v) is 14.1. The van der Waals surface area contributed by atoms with Crippen molar-refractivity contribution in [2.24, 2.45) is 0 Å². The van der Waals surface area contributed by atoms with Crippen LogP contribution in [-0.4, -0.2) is 30.1 Å². The van der Waals surface area contributed by atoms with Gasteiger partial charge in [-0.2, -0.15) is 0 Å². The Labute approximate surface area is 143 Å². The van der Waals surface area contributed by atoms with Crippen molar-refractivity contribution in [2.45, 2.75) is 13.8 Å². The smallest absolute Gasteiger partial charge is 0.257 e. The van der Waals surface area contributed by atoms with Gasteiger partial charge in [-0.25, -0.2) is 0 Å². The first-order valence-electron chi connectivity index (χ1n) is 6.85. The summed E-state index contributed by atoms with van der Waals surface area (Å²) < 4.78 is 5.13. The lowest BCUT2D eigenvalue weighted by Gasteiger charge is -2.08. The average molecular weight is 356 g/mol. The van der Waals surface area contributed by atoms with Crippen molar-refractivity contribution in [2.75, 3.05) is 13.1 Å². The number of hydrogen-bond acceptors (Lipinski definition) is 4. The number of nitrogens with one attached hydrogen (secondary N) is 2. The summed E-state index contributed by atoms with van der Waals surface area (Å²) in [5.74, 6) is -0.183. The molecule has 8 heteroatoms. The SMILES string of the molecule is CC(=O)NCCNC(=O)c1c(-c2c(Cl)cccc2Cl)noc1C. The van der Waals surface area contributed by atoms with Gasteiger partial charge in [-0.1, -0.05) is 34.4 Å². The van der Waals surface area contributed by atoms with E-state index in [1.165, 1.54) is 6.92 Å². The molecule has 0 unspecified atom stereocenters. The number of carbonyl (C=O) groups excluding carboxylic acids is 2. The number of benzene rings is 1. The quantitative estimate of drug-likeness (QED) is 0.807. The predicted molar refractivity (Wildman–Crippen MR) is 87.7 cm³/mol. The lowest BCUT2D eigenvalue weighted by atomic mass is 10.1. The second-order valence-corrected chi connectivity index (χ2v) is 5.61. The van der Waals surface area contributed by atoms with Gasteiger partial charge in [0.05, 0.1) is 10.0 Å². The summed E-state index contributed by atoms with van der Waals surface area (Å²) in [7, 11) is 0. The van der Waals surface area contributed by atoms with E-state index in [0.717, 1.165) is 0 Å². The van der Waals surface area contributed by atoms with Crippen molar-refractivity contribution in [1.29, 1.82) is 0 Å². The lowest BCUT2D eigenvalue weighted by molar-refractivity contribution is -0.118. The van der Waals surface area contributed by atoms with E-state index in [9.17, 15) is 9.59 Å². The van der Waals surface area contributed by atoms with Gasteiger partial charge >= 0.3 is 0 Å². The van der Waals surface area contributed by atoms with Gasteiger partial charge in [0.15, 0.2) is 0 Å².